The van der Waals surface area contributed by atoms with Crippen LogP contribution in [0.2, 0.25) is 0 Å². The number of fused-ring (bicyclic) bond motifs is 2. The summed E-state index contributed by atoms with van der Waals surface area (Å²) in [5.74, 6) is 3.17. The third kappa shape index (κ3) is 3.44. The molecule has 1 nitrogen and oxygen atoms in total. The van der Waals surface area contributed by atoms with Gasteiger partial charge in [-0.1, -0.05) is 43.7 Å². The third-order valence-corrected chi connectivity index (χ3v) is 5.59. The van der Waals surface area contributed by atoms with Gasteiger partial charge in [-0.2, -0.15) is 0 Å². The van der Waals surface area contributed by atoms with Gasteiger partial charge in [0.05, 0.1) is 0 Å². The van der Waals surface area contributed by atoms with Crippen molar-refractivity contribution in [2.45, 2.75) is 57.9 Å². The first kappa shape index (κ1) is 14.1. The molecule has 1 aromatic rings. The molecule has 2 bridgehead atoms. The quantitative estimate of drug-likeness (QED) is 0.774. The van der Waals surface area contributed by atoms with Gasteiger partial charge in [-0.25, -0.2) is 0 Å². The number of hydrogen-bond acceptors (Lipinski definition) is 1. The first-order valence-corrected chi connectivity index (χ1v) is 8.62. The molecule has 4 unspecified atom stereocenters. The number of benzene rings is 1. The molecule has 0 amide bonds. The molecule has 3 rings (SSSR count). The zero-order chi connectivity index (χ0) is 13.8. The van der Waals surface area contributed by atoms with Gasteiger partial charge in [-0.15, -0.1) is 0 Å². The molecule has 0 aromatic heterocycles. The van der Waals surface area contributed by atoms with Gasteiger partial charge in [0, 0.05) is 6.04 Å². The maximum Gasteiger partial charge on any atom is 0.00728 e. The molecule has 0 radical (unpaired) electrons. The predicted molar refractivity (Wildman–Crippen MR) is 85.8 cm³/mol. The highest BCUT2D eigenvalue weighted by atomic mass is 14.9. The molecule has 2 fully saturated rings. The minimum atomic E-state index is 0.726. The average molecular weight is 271 g/mol. The first-order chi connectivity index (χ1) is 9.85. The number of hydrogen-bond donors (Lipinski definition) is 1. The van der Waals surface area contributed by atoms with E-state index in [0.29, 0.717) is 0 Å². The highest BCUT2D eigenvalue weighted by Crippen LogP contribution is 2.50. The van der Waals surface area contributed by atoms with Gasteiger partial charge in [-0.05, 0) is 68.4 Å². The van der Waals surface area contributed by atoms with E-state index in [0.717, 1.165) is 30.3 Å². The second kappa shape index (κ2) is 6.76. The van der Waals surface area contributed by atoms with Gasteiger partial charge >= 0.3 is 0 Å². The Morgan fingerprint density at radius 3 is 2.65 bits per heavy atom. The second-order valence-corrected chi connectivity index (χ2v) is 6.95. The second-order valence-electron chi connectivity index (χ2n) is 6.95. The van der Waals surface area contributed by atoms with Crippen LogP contribution < -0.4 is 5.32 Å². The molecule has 0 aliphatic heterocycles. The van der Waals surface area contributed by atoms with Crippen LogP contribution >= 0.6 is 0 Å². The zero-order valence-corrected chi connectivity index (χ0v) is 12.9. The summed E-state index contributed by atoms with van der Waals surface area (Å²) in [6, 6.07) is 11.7. The Bertz CT molecular complexity index is 399. The molecule has 4 atom stereocenters. The Balaban J connectivity index is 1.50. The van der Waals surface area contributed by atoms with E-state index >= 15 is 0 Å². The van der Waals surface area contributed by atoms with E-state index in [1.54, 1.807) is 6.42 Å². The predicted octanol–water partition coefficient (Wildman–Crippen LogP) is 4.42. The maximum absolute atomic E-state index is 3.74. The van der Waals surface area contributed by atoms with E-state index in [2.05, 4.69) is 42.6 Å². The zero-order valence-electron chi connectivity index (χ0n) is 12.9. The topological polar surface area (TPSA) is 12.0 Å². The fourth-order valence-corrected chi connectivity index (χ4v) is 4.61. The van der Waals surface area contributed by atoms with Crippen molar-refractivity contribution in [2.24, 2.45) is 17.8 Å². The van der Waals surface area contributed by atoms with Crippen molar-refractivity contribution in [3.8, 4) is 0 Å². The van der Waals surface area contributed by atoms with Crippen molar-refractivity contribution in [3.63, 3.8) is 0 Å². The van der Waals surface area contributed by atoms with Crippen molar-refractivity contribution in [1.82, 2.24) is 5.32 Å². The van der Waals surface area contributed by atoms with Gasteiger partial charge in [0.25, 0.3) is 0 Å². The molecule has 2 aliphatic rings. The van der Waals surface area contributed by atoms with Crippen molar-refractivity contribution in [3.05, 3.63) is 35.9 Å². The molecular formula is C19H29N. The summed E-state index contributed by atoms with van der Waals surface area (Å²) < 4.78 is 0. The molecule has 1 N–H and O–H groups in total. The molecule has 2 aliphatic carbocycles. The Morgan fingerprint density at radius 1 is 1.15 bits per heavy atom. The van der Waals surface area contributed by atoms with Crippen LogP contribution in [0.1, 0.15) is 51.0 Å². The normalized spacial score (nSPS) is 29.8. The van der Waals surface area contributed by atoms with Crippen molar-refractivity contribution >= 4 is 0 Å². The summed E-state index contributed by atoms with van der Waals surface area (Å²) in [7, 11) is 0. The lowest BCUT2D eigenvalue weighted by atomic mass is 9.83. The minimum absolute atomic E-state index is 0.726. The van der Waals surface area contributed by atoms with E-state index in [1.165, 1.54) is 44.1 Å². The van der Waals surface area contributed by atoms with Gasteiger partial charge in [0.15, 0.2) is 0 Å². The highest BCUT2D eigenvalue weighted by Gasteiger charge is 2.39. The smallest absolute Gasteiger partial charge is 0.00728 e. The fourth-order valence-electron chi connectivity index (χ4n) is 4.61. The molecule has 0 saturated heterocycles. The van der Waals surface area contributed by atoms with Crippen LogP contribution in [0.5, 0.6) is 0 Å². The minimum Gasteiger partial charge on any atom is -0.314 e. The summed E-state index contributed by atoms with van der Waals surface area (Å²) in [6.45, 7) is 3.36. The number of nitrogens with one attached hydrogen (secondary N) is 1. The molecule has 1 heteroatoms. The van der Waals surface area contributed by atoms with Crippen LogP contribution in [-0.2, 0) is 6.42 Å². The van der Waals surface area contributed by atoms with E-state index < -0.39 is 0 Å². The van der Waals surface area contributed by atoms with Crippen LogP contribution in [0.15, 0.2) is 30.3 Å². The SMILES string of the molecule is CCNC(CCc1ccccc1)CC1CC2CCC1C2. The lowest BCUT2D eigenvalue weighted by molar-refractivity contribution is 0.273. The third-order valence-electron chi connectivity index (χ3n) is 5.59. The summed E-state index contributed by atoms with van der Waals surface area (Å²) >= 11 is 0. The van der Waals surface area contributed by atoms with Crippen molar-refractivity contribution in [2.75, 3.05) is 6.54 Å². The Labute approximate surface area is 124 Å². The van der Waals surface area contributed by atoms with Gasteiger partial charge in [-0.3, -0.25) is 0 Å². The lowest BCUT2D eigenvalue weighted by Crippen LogP contribution is -2.32. The number of rotatable bonds is 7. The van der Waals surface area contributed by atoms with Crippen LogP contribution in [0.4, 0.5) is 0 Å². The molecule has 0 heterocycles. The average Bonchev–Trinajstić information content (AvgIpc) is 3.09. The van der Waals surface area contributed by atoms with Gasteiger partial charge in [0.2, 0.25) is 0 Å². The monoisotopic (exact) mass is 271 g/mol. The molecule has 0 spiro atoms. The molecular weight excluding hydrogens is 242 g/mol. The fraction of sp³-hybridized carbons (Fsp3) is 0.684. The summed E-state index contributed by atoms with van der Waals surface area (Å²) in [5, 5.41) is 3.74. The van der Waals surface area contributed by atoms with Crippen LogP contribution in [0.3, 0.4) is 0 Å². The summed E-state index contributed by atoms with van der Waals surface area (Å²) in [4.78, 5) is 0. The van der Waals surface area contributed by atoms with Crippen molar-refractivity contribution < 1.29 is 0 Å². The van der Waals surface area contributed by atoms with Gasteiger partial charge < -0.3 is 5.32 Å². The van der Waals surface area contributed by atoms with Crippen molar-refractivity contribution in [1.29, 1.82) is 0 Å². The largest absolute Gasteiger partial charge is 0.314 e. The Hall–Kier alpha value is -0.820. The van der Waals surface area contributed by atoms with E-state index in [-0.39, 0.29) is 0 Å². The summed E-state index contributed by atoms with van der Waals surface area (Å²) in [5.41, 5.74) is 1.49. The van der Waals surface area contributed by atoms with Crippen LogP contribution in [0.25, 0.3) is 0 Å². The first-order valence-electron chi connectivity index (χ1n) is 8.62. The van der Waals surface area contributed by atoms with E-state index in [4.69, 9.17) is 0 Å². The maximum atomic E-state index is 3.74. The van der Waals surface area contributed by atoms with E-state index in [1.807, 2.05) is 0 Å². The molecule has 110 valence electrons. The Morgan fingerprint density at radius 2 is 2.00 bits per heavy atom. The van der Waals surface area contributed by atoms with Gasteiger partial charge in [0.1, 0.15) is 0 Å². The van der Waals surface area contributed by atoms with Crippen LogP contribution in [-0.4, -0.2) is 12.6 Å². The molecule has 1 aromatic carbocycles. The number of aryl methyl sites for hydroxylation is 1. The van der Waals surface area contributed by atoms with E-state index in [9.17, 15) is 0 Å². The molecule has 2 saturated carbocycles. The standard InChI is InChI=1S/C19H29N/c1-2-20-19(11-9-15-6-4-3-5-7-15)14-18-13-16-8-10-17(18)12-16/h3-7,16-20H,2,8-14H2,1H3. The molecule has 20 heavy (non-hydrogen) atoms. The summed E-state index contributed by atoms with van der Waals surface area (Å²) in [6.07, 6.45) is 10.1. The lowest BCUT2D eigenvalue weighted by Gasteiger charge is -2.27. The highest BCUT2D eigenvalue weighted by molar-refractivity contribution is 5.14. The van der Waals surface area contributed by atoms with Crippen LogP contribution in [0, 0.1) is 17.8 Å². The Kier molecular flexibility index (Phi) is 4.77.